The second-order valence-corrected chi connectivity index (χ2v) is 3.80. The number of amides is 1. The highest BCUT2D eigenvalue weighted by Gasteiger charge is 2.25. The third kappa shape index (κ3) is 2.21. The summed E-state index contributed by atoms with van der Waals surface area (Å²) in [5, 5.41) is 0. The van der Waals surface area contributed by atoms with Gasteiger partial charge in [-0.15, -0.1) is 0 Å². The van der Waals surface area contributed by atoms with Crippen molar-refractivity contribution in [2.75, 3.05) is 26.3 Å². The van der Waals surface area contributed by atoms with Crippen LogP contribution >= 0.6 is 0 Å². The molecular formula is C9H18N2O. The van der Waals surface area contributed by atoms with Gasteiger partial charge in [0, 0.05) is 13.1 Å². The van der Waals surface area contributed by atoms with Crippen LogP contribution < -0.4 is 0 Å². The molecule has 1 aliphatic heterocycles. The second kappa shape index (κ2) is 3.90. The van der Waals surface area contributed by atoms with Crippen molar-refractivity contribution in [1.29, 1.82) is 0 Å². The average molecular weight is 170 g/mol. The lowest BCUT2D eigenvalue weighted by Gasteiger charge is -2.17. The zero-order valence-electron chi connectivity index (χ0n) is 8.21. The molecule has 0 aromatic heterocycles. The highest BCUT2D eigenvalue weighted by molar-refractivity contribution is 5.79. The van der Waals surface area contributed by atoms with E-state index in [1.54, 1.807) is 0 Å². The lowest BCUT2D eigenvalue weighted by atomic mass is 10.2. The largest absolute Gasteiger partial charge is 0.329 e. The summed E-state index contributed by atoms with van der Waals surface area (Å²) in [5.74, 6) is 0.924. The van der Waals surface area contributed by atoms with Crippen LogP contribution in [0.4, 0.5) is 0 Å². The molecule has 70 valence electrons. The van der Waals surface area contributed by atoms with E-state index < -0.39 is 0 Å². The Morgan fingerprint density at radius 1 is 1.50 bits per heavy atom. The monoisotopic (exact) mass is 170 g/mol. The first kappa shape index (κ1) is 9.52. The Morgan fingerprint density at radius 3 is 2.58 bits per heavy atom. The molecule has 0 bridgehead atoms. The van der Waals surface area contributed by atoms with Gasteiger partial charge in [0.1, 0.15) is 0 Å². The van der Waals surface area contributed by atoms with Gasteiger partial charge in [0.15, 0.2) is 0 Å². The smallest absolute Gasteiger partial charge is 0.237 e. The van der Waals surface area contributed by atoms with Gasteiger partial charge < -0.3 is 4.90 Å². The van der Waals surface area contributed by atoms with Gasteiger partial charge in [-0.2, -0.15) is 0 Å². The van der Waals surface area contributed by atoms with E-state index in [-0.39, 0.29) is 5.91 Å². The van der Waals surface area contributed by atoms with E-state index in [9.17, 15) is 4.79 Å². The SMILES string of the molecule is CCN1CN(CC(C)C)CC1=O. The van der Waals surface area contributed by atoms with Gasteiger partial charge in [-0.3, -0.25) is 9.69 Å². The summed E-state index contributed by atoms with van der Waals surface area (Å²) in [6, 6.07) is 0. The molecule has 12 heavy (non-hydrogen) atoms. The highest BCUT2D eigenvalue weighted by atomic mass is 16.2. The number of carbonyl (C=O) groups is 1. The zero-order chi connectivity index (χ0) is 9.14. The predicted octanol–water partition coefficient (Wildman–Crippen LogP) is 0.764. The molecule has 1 aliphatic rings. The molecule has 3 nitrogen and oxygen atoms in total. The minimum atomic E-state index is 0.276. The molecular weight excluding hydrogens is 152 g/mol. The van der Waals surface area contributed by atoms with Crippen molar-refractivity contribution in [1.82, 2.24) is 9.80 Å². The molecule has 0 unspecified atom stereocenters. The van der Waals surface area contributed by atoms with Crippen LogP contribution in [0.15, 0.2) is 0 Å². The summed E-state index contributed by atoms with van der Waals surface area (Å²) < 4.78 is 0. The molecule has 0 spiro atoms. The number of nitrogens with zero attached hydrogens (tertiary/aromatic N) is 2. The van der Waals surface area contributed by atoms with Crippen molar-refractivity contribution in [3.05, 3.63) is 0 Å². The van der Waals surface area contributed by atoms with E-state index in [0.29, 0.717) is 12.5 Å². The molecule has 0 radical (unpaired) electrons. The molecule has 0 aliphatic carbocycles. The van der Waals surface area contributed by atoms with Crippen LogP contribution in [0.1, 0.15) is 20.8 Å². The van der Waals surface area contributed by atoms with E-state index in [2.05, 4.69) is 18.7 Å². The van der Waals surface area contributed by atoms with Gasteiger partial charge in [0.2, 0.25) is 5.91 Å². The third-order valence-electron chi connectivity index (χ3n) is 2.09. The fourth-order valence-corrected chi connectivity index (χ4v) is 1.58. The van der Waals surface area contributed by atoms with Crippen LogP contribution in [-0.2, 0) is 4.79 Å². The van der Waals surface area contributed by atoms with Gasteiger partial charge in [-0.25, -0.2) is 0 Å². The fraction of sp³-hybridized carbons (Fsp3) is 0.889. The first-order chi connectivity index (χ1) is 5.63. The number of rotatable bonds is 3. The molecule has 3 heteroatoms. The van der Waals surface area contributed by atoms with Gasteiger partial charge in [0.05, 0.1) is 13.2 Å². The van der Waals surface area contributed by atoms with Crippen molar-refractivity contribution < 1.29 is 4.79 Å². The summed E-state index contributed by atoms with van der Waals surface area (Å²) in [6.07, 6.45) is 0. The minimum absolute atomic E-state index is 0.276. The lowest BCUT2D eigenvalue weighted by Crippen LogP contribution is -2.28. The van der Waals surface area contributed by atoms with Crippen LogP contribution in [0.3, 0.4) is 0 Å². The zero-order valence-corrected chi connectivity index (χ0v) is 8.21. The second-order valence-electron chi connectivity index (χ2n) is 3.80. The Bertz CT molecular complexity index is 168. The van der Waals surface area contributed by atoms with Gasteiger partial charge in [-0.05, 0) is 12.8 Å². The van der Waals surface area contributed by atoms with Crippen molar-refractivity contribution in [2.24, 2.45) is 5.92 Å². The van der Waals surface area contributed by atoms with E-state index in [0.717, 1.165) is 19.8 Å². The van der Waals surface area contributed by atoms with E-state index in [4.69, 9.17) is 0 Å². The minimum Gasteiger partial charge on any atom is -0.329 e. The van der Waals surface area contributed by atoms with E-state index in [1.165, 1.54) is 0 Å². The number of carbonyl (C=O) groups excluding carboxylic acids is 1. The Kier molecular flexibility index (Phi) is 3.09. The maximum Gasteiger partial charge on any atom is 0.237 e. The lowest BCUT2D eigenvalue weighted by molar-refractivity contribution is -0.126. The molecule has 0 aromatic carbocycles. The van der Waals surface area contributed by atoms with Crippen molar-refractivity contribution in [3.63, 3.8) is 0 Å². The first-order valence-corrected chi connectivity index (χ1v) is 4.63. The quantitative estimate of drug-likeness (QED) is 0.624. The van der Waals surface area contributed by atoms with Gasteiger partial charge in [0.25, 0.3) is 0 Å². The molecule has 1 amide bonds. The molecule has 0 atom stereocenters. The number of likely N-dealkylation sites (N-methyl/N-ethyl adjacent to an activating group) is 1. The molecule has 1 fully saturated rings. The van der Waals surface area contributed by atoms with Crippen LogP contribution in [0, 0.1) is 5.92 Å². The Labute approximate surface area is 74.3 Å². The normalized spacial score (nSPS) is 19.7. The van der Waals surface area contributed by atoms with Gasteiger partial charge in [-0.1, -0.05) is 13.8 Å². The van der Waals surface area contributed by atoms with Crippen LogP contribution in [-0.4, -0.2) is 42.0 Å². The van der Waals surface area contributed by atoms with Crippen LogP contribution in [0.5, 0.6) is 0 Å². The Balaban J connectivity index is 2.38. The molecule has 0 N–H and O–H groups in total. The highest BCUT2D eigenvalue weighted by Crippen LogP contribution is 2.08. The maximum atomic E-state index is 11.3. The molecule has 1 saturated heterocycles. The summed E-state index contributed by atoms with van der Waals surface area (Å²) in [5.41, 5.74) is 0. The fourth-order valence-electron chi connectivity index (χ4n) is 1.58. The van der Waals surface area contributed by atoms with Crippen molar-refractivity contribution in [3.8, 4) is 0 Å². The topological polar surface area (TPSA) is 23.6 Å². The molecule has 1 rings (SSSR count). The number of hydrogen-bond donors (Lipinski definition) is 0. The Hall–Kier alpha value is -0.570. The van der Waals surface area contributed by atoms with Gasteiger partial charge >= 0.3 is 0 Å². The molecule has 0 saturated carbocycles. The average Bonchev–Trinajstić information content (AvgIpc) is 2.29. The predicted molar refractivity (Wildman–Crippen MR) is 48.7 cm³/mol. The Morgan fingerprint density at radius 2 is 2.17 bits per heavy atom. The summed E-state index contributed by atoms with van der Waals surface area (Å²) in [4.78, 5) is 15.4. The first-order valence-electron chi connectivity index (χ1n) is 4.63. The van der Waals surface area contributed by atoms with E-state index in [1.807, 2.05) is 11.8 Å². The summed E-state index contributed by atoms with van der Waals surface area (Å²) in [7, 11) is 0. The summed E-state index contributed by atoms with van der Waals surface area (Å²) >= 11 is 0. The molecule has 1 heterocycles. The van der Waals surface area contributed by atoms with Crippen LogP contribution in [0.25, 0.3) is 0 Å². The van der Waals surface area contributed by atoms with E-state index >= 15 is 0 Å². The van der Waals surface area contributed by atoms with Crippen LogP contribution in [0.2, 0.25) is 0 Å². The maximum absolute atomic E-state index is 11.3. The standard InChI is InChI=1S/C9H18N2O/c1-4-11-7-10(5-8(2)3)6-9(11)12/h8H,4-7H2,1-3H3. The molecule has 0 aromatic rings. The van der Waals surface area contributed by atoms with Crippen molar-refractivity contribution in [2.45, 2.75) is 20.8 Å². The summed E-state index contributed by atoms with van der Waals surface area (Å²) in [6.45, 7) is 9.70. The number of hydrogen-bond acceptors (Lipinski definition) is 2. The van der Waals surface area contributed by atoms with Crippen molar-refractivity contribution >= 4 is 5.91 Å². The third-order valence-corrected chi connectivity index (χ3v) is 2.09.